The van der Waals surface area contributed by atoms with Crippen molar-refractivity contribution in [3.05, 3.63) is 107 Å². The first-order chi connectivity index (χ1) is 36.6. The quantitative estimate of drug-likeness (QED) is 0.0314. The van der Waals surface area contributed by atoms with Gasteiger partial charge < -0.3 is 44.4 Å². The highest BCUT2D eigenvalue weighted by molar-refractivity contribution is 6.25. The summed E-state index contributed by atoms with van der Waals surface area (Å²) in [4.78, 5) is 74.4. The summed E-state index contributed by atoms with van der Waals surface area (Å²) in [6, 6.07) is 21.7. The van der Waals surface area contributed by atoms with Crippen molar-refractivity contribution in [1.82, 2.24) is 34.6 Å². The number of aromatic nitrogens is 3. The molecule has 9 rings (SSSR count). The van der Waals surface area contributed by atoms with Gasteiger partial charge in [0.25, 0.3) is 18.3 Å². The summed E-state index contributed by atoms with van der Waals surface area (Å²) in [5, 5.41) is 27.0. The van der Waals surface area contributed by atoms with Crippen LogP contribution in [0.1, 0.15) is 82.0 Å². The monoisotopic (exact) mass is 1030 g/mol. The SMILES string of the molecule is Cc1ccc(CNc2ncc3c(-c4ccc(CN5CCN(CCOCCOCCOCCOCCNc6cccc7c6C(=O)N(C6CCC(=O)NC6=O)C7=O)CC5)cc4)cn(C4CCC(O)CC4)c3n2)cc1.O=CO. The second-order valence-electron chi connectivity index (χ2n) is 19.2. The van der Waals surface area contributed by atoms with Crippen LogP contribution in [0, 0.1) is 6.92 Å². The fraction of sp³-hybridized carbons (Fsp3) is 0.473. The van der Waals surface area contributed by atoms with Crippen LogP contribution >= 0.6 is 0 Å². The van der Waals surface area contributed by atoms with Crippen LogP contribution in [0.5, 0.6) is 0 Å². The van der Waals surface area contributed by atoms with E-state index >= 15 is 0 Å². The van der Waals surface area contributed by atoms with E-state index in [2.05, 4.69) is 92.0 Å². The number of piperidine rings is 1. The molecule has 0 radical (unpaired) electrons. The Hall–Kier alpha value is -6.65. The largest absolute Gasteiger partial charge is 0.483 e. The van der Waals surface area contributed by atoms with Crippen LogP contribution in [0.3, 0.4) is 0 Å². The molecule has 1 saturated carbocycles. The molecule has 400 valence electrons. The number of amides is 4. The Labute approximate surface area is 436 Å². The molecule has 1 aliphatic carbocycles. The standard InChI is InChI=1S/C54H67N9O9.CH2O2/c1-37-5-7-38(8-6-37)33-56-54-57-34-44-45(36-62(50(44)59-54)41-13-15-42(64)16-14-41)40-11-9-39(10-12-40)35-61-22-20-60(21-23-61)24-26-70-28-30-72-32-31-71-29-27-69-25-19-55-46-4-2-3-43-49(46)53(68)63(52(43)67)47-17-18-48(65)58-51(47)66;2-1-3/h2-12,34,36,41-42,47,55,64H,13-33,35H2,1H3,(H,56,57,59)(H,58,65,66);1H,(H,2,3). The zero-order chi connectivity index (χ0) is 52.5. The van der Waals surface area contributed by atoms with Gasteiger partial charge in [0.15, 0.2) is 0 Å². The van der Waals surface area contributed by atoms with Gasteiger partial charge in [0, 0.05) is 93.9 Å². The number of carbonyl (C=O) groups is 5. The summed E-state index contributed by atoms with van der Waals surface area (Å²) in [6.45, 7) is 12.4. The molecule has 2 aromatic heterocycles. The Morgan fingerprint density at radius 1 is 0.733 bits per heavy atom. The van der Waals surface area contributed by atoms with Gasteiger partial charge in [-0.3, -0.25) is 44.0 Å². The lowest BCUT2D eigenvalue weighted by Crippen LogP contribution is -2.54. The average molecular weight is 1030 g/mol. The Morgan fingerprint density at radius 2 is 1.37 bits per heavy atom. The van der Waals surface area contributed by atoms with Gasteiger partial charge in [-0.15, -0.1) is 0 Å². The number of piperazine rings is 1. The van der Waals surface area contributed by atoms with Gasteiger partial charge in [0.05, 0.1) is 70.1 Å². The van der Waals surface area contributed by atoms with Gasteiger partial charge in [0.2, 0.25) is 17.8 Å². The fourth-order valence-electron chi connectivity index (χ4n) is 9.94. The molecular weight excluding hydrogens is 963 g/mol. The summed E-state index contributed by atoms with van der Waals surface area (Å²) in [6.07, 6.45) is 7.60. The maximum absolute atomic E-state index is 13.3. The first-order valence-electron chi connectivity index (χ1n) is 26.0. The molecule has 3 aromatic carbocycles. The number of carboxylic acid groups (broad SMARTS) is 1. The zero-order valence-electron chi connectivity index (χ0n) is 42.6. The highest BCUT2D eigenvalue weighted by atomic mass is 16.6. The van der Waals surface area contributed by atoms with E-state index in [1.807, 2.05) is 6.20 Å². The molecule has 1 unspecified atom stereocenters. The first-order valence-corrected chi connectivity index (χ1v) is 26.0. The normalized spacial score (nSPS) is 19.2. The summed E-state index contributed by atoms with van der Waals surface area (Å²) in [7, 11) is 0. The summed E-state index contributed by atoms with van der Waals surface area (Å²) >= 11 is 0. The van der Waals surface area contributed by atoms with Crippen LogP contribution in [-0.4, -0.2) is 174 Å². The molecule has 0 spiro atoms. The third-order valence-corrected chi connectivity index (χ3v) is 14.0. The third kappa shape index (κ3) is 14.6. The van der Waals surface area contributed by atoms with Crippen molar-refractivity contribution in [3.8, 4) is 11.1 Å². The molecule has 20 nitrogen and oxygen atoms in total. The highest BCUT2D eigenvalue weighted by Gasteiger charge is 2.45. The molecule has 5 N–H and O–H groups in total. The topological polar surface area (TPSA) is 239 Å². The van der Waals surface area contributed by atoms with Crippen LogP contribution in [0.15, 0.2) is 79.1 Å². The number of nitrogens with zero attached hydrogens (tertiary/aromatic N) is 6. The number of carbonyl (C=O) groups excluding carboxylic acids is 4. The Kier molecular flexibility index (Phi) is 19.8. The predicted octanol–water partition coefficient (Wildman–Crippen LogP) is 4.89. The number of anilines is 2. The molecule has 1 atom stereocenters. The molecule has 75 heavy (non-hydrogen) atoms. The number of rotatable bonds is 24. The van der Waals surface area contributed by atoms with Gasteiger partial charge in [-0.05, 0) is 67.9 Å². The number of nitrogens with one attached hydrogen (secondary N) is 3. The summed E-state index contributed by atoms with van der Waals surface area (Å²) in [5.74, 6) is -1.53. The number of benzene rings is 3. The summed E-state index contributed by atoms with van der Waals surface area (Å²) in [5.41, 5.74) is 7.85. The summed E-state index contributed by atoms with van der Waals surface area (Å²) < 4.78 is 25.2. The highest BCUT2D eigenvalue weighted by Crippen LogP contribution is 2.37. The third-order valence-electron chi connectivity index (χ3n) is 14.0. The Balaban J connectivity index is 0.00000243. The van der Waals surface area contributed by atoms with E-state index in [9.17, 15) is 24.3 Å². The second-order valence-corrected chi connectivity index (χ2v) is 19.2. The van der Waals surface area contributed by atoms with E-state index in [4.69, 9.17) is 38.8 Å². The van der Waals surface area contributed by atoms with Crippen LogP contribution in [-0.2, 0) is 46.4 Å². The van der Waals surface area contributed by atoms with Gasteiger partial charge in [0.1, 0.15) is 11.7 Å². The maximum Gasteiger partial charge on any atom is 0.290 e. The lowest BCUT2D eigenvalue weighted by Gasteiger charge is -2.34. The Morgan fingerprint density at radius 3 is 2.05 bits per heavy atom. The molecule has 4 amide bonds. The second kappa shape index (κ2) is 27.2. The number of aryl methyl sites for hydroxylation is 1. The molecule has 2 saturated heterocycles. The molecule has 4 aliphatic rings. The van der Waals surface area contributed by atoms with Crippen molar-refractivity contribution in [2.75, 3.05) is 103 Å². The molecule has 0 bridgehead atoms. The predicted molar refractivity (Wildman–Crippen MR) is 280 cm³/mol. The van der Waals surface area contributed by atoms with Crippen LogP contribution in [0.2, 0.25) is 0 Å². The van der Waals surface area contributed by atoms with Crippen molar-refractivity contribution < 1.29 is 53.1 Å². The maximum atomic E-state index is 13.3. The van der Waals surface area contributed by atoms with Crippen molar-refractivity contribution in [2.45, 2.75) is 76.7 Å². The van der Waals surface area contributed by atoms with E-state index in [1.165, 1.54) is 16.7 Å². The van der Waals surface area contributed by atoms with Gasteiger partial charge in [-0.25, -0.2) is 4.98 Å². The van der Waals surface area contributed by atoms with E-state index in [1.54, 1.807) is 18.2 Å². The fourth-order valence-corrected chi connectivity index (χ4v) is 9.94. The Bertz CT molecular complexity index is 2700. The van der Waals surface area contributed by atoms with E-state index in [0.717, 1.165) is 92.0 Å². The van der Waals surface area contributed by atoms with Crippen molar-refractivity contribution in [2.24, 2.45) is 0 Å². The first kappa shape index (κ1) is 54.6. The zero-order valence-corrected chi connectivity index (χ0v) is 42.6. The van der Waals surface area contributed by atoms with Gasteiger partial charge in [-0.1, -0.05) is 60.2 Å². The van der Waals surface area contributed by atoms with Crippen molar-refractivity contribution in [1.29, 1.82) is 0 Å². The van der Waals surface area contributed by atoms with Crippen LogP contribution in [0.25, 0.3) is 22.2 Å². The number of aliphatic hydroxyl groups excluding tert-OH is 1. The minimum absolute atomic E-state index is 0.0674. The van der Waals surface area contributed by atoms with Crippen molar-refractivity contribution in [3.63, 3.8) is 0 Å². The van der Waals surface area contributed by atoms with Crippen LogP contribution in [0.4, 0.5) is 11.6 Å². The van der Waals surface area contributed by atoms with Crippen molar-refractivity contribution >= 4 is 52.8 Å². The molecule has 20 heteroatoms. The smallest absolute Gasteiger partial charge is 0.290 e. The van der Waals surface area contributed by atoms with E-state index < -0.39 is 29.7 Å². The lowest BCUT2D eigenvalue weighted by molar-refractivity contribution is -0.136. The van der Waals surface area contributed by atoms with Crippen LogP contribution < -0.4 is 16.0 Å². The molecular formula is C55H69N9O11. The minimum Gasteiger partial charge on any atom is -0.483 e. The average Bonchev–Trinajstić information content (AvgIpc) is 3.93. The van der Waals surface area contributed by atoms with E-state index in [0.29, 0.717) is 77.6 Å². The number of imide groups is 2. The number of hydrogen-bond donors (Lipinski definition) is 5. The molecule has 5 aromatic rings. The lowest BCUT2D eigenvalue weighted by atomic mass is 9.93. The van der Waals surface area contributed by atoms with E-state index in [-0.39, 0.29) is 42.6 Å². The molecule has 3 aliphatic heterocycles. The number of aliphatic hydroxyl groups is 1. The van der Waals surface area contributed by atoms with Gasteiger partial charge >= 0.3 is 0 Å². The molecule has 3 fully saturated rings. The number of fused-ring (bicyclic) bond motifs is 2. The van der Waals surface area contributed by atoms with Gasteiger partial charge in [-0.2, -0.15) is 4.98 Å². The number of hydrogen-bond acceptors (Lipinski definition) is 16. The molecule has 5 heterocycles. The minimum atomic E-state index is -1.01. The number of ether oxygens (including phenoxy) is 4.